The van der Waals surface area contributed by atoms with E-state index in [4.69, 9.17) is 11.6 Å². The third-order valence-corrected chi connectivity index (χ3v) is 8.11. The number of β-amino-alcohol motifs (C(OH)–C–C–N with tert-alkyl or cyclic N) is 1. The Morgan fingerprint density at radius 3 is 2.62 bits per heavy atom. The van der Waals surface area contributed by atoms with Crippen LogP contribution in [0.5, 0.6) is 0 Å². The average Bonchev–Trinajstić information content (AvgIpc) is 3.20. The molecule has 5 rings (SSSR count). The molecule has 9 heteroatoms. The molecular formula is C23H27ClN4O3S. The Kier molecular flexibility index (Phi) is 5.24. The van der Waals surface area contributed by atoms with Crippen molar-refractivity contribution in [1.29, 1.82) is 0 Å². The van der Waals surface area contributed by atoms with E-state index in [1.807, 2.05) is 38.8 Å². The monoisotopic (exact) mass is 474 g/mol. The number of aliphatic hydroxyl groups excluding tert-OH is 1. The fourth-order valence-electron chi connectivity index (χ4n) is 4.49. The molecule has 1 saturated carbocycles. The molecule has 0 radical (unpaired) electrons. The number of piperidine rings is 1. The van der Waals surface area contributed by atoms with Crippen molar-refractivity contribution in [1.82, 2.24) is 14.4 Å². The highest BCUT2D eigenvalue weighted by molar-refractivity contribution is 7.10. The van der Waals surface area contributed by atoms with Gasteiger partial charge in [-0.1, -0.05) is 25.1 Å². The molecule has 170 valence electrons. The summed E-state index contributed by atoms with van der Waals surface area (Å²) in [7, 11) is 0. The molecule has 32 heavy (non-hydrogen) atoms. The minimum Gasteiger partial charge on any atom is -0.391 e. The third-order valence-electron chi connectivity index (χ3n) is 6.92. The van der Waals surface area contributed by atoms with E-state index in [-0.39, 0.29) is 17.9 Å². The zero-order valence-electron chi connectivity index (χ0n) is 18.1. The fourth-order valence-corrected chi connectivity index (χ4v) is 5.49. The molecule has 2 aromatic heterocycles. The molecule has 4 heterocycles. The molecule has 2 aliphatic heterocycles. The van der Waals surface area contributed by atoms with E-state index in [1.54, 1.807) is 6.34 Å². The number of hydrogen-bond acceptors (Lipinski definition) is 6. The van der Waals surface area contributed by atoms with Crippen LogP contribution in [-0.2, 0) is 11.4 Å². The molecule has 0 unspecified atom stereocenters. The van der Waals surface area contributed by atoms with E-state index in [1.165, 1.54) is 11.3 Å². The number of thiophene rings is 1. The second-order valence-corrected chi connectivity index (χ2v) is 10.7. The molecular weight excluding hydrogens is 448 g/mol. The topological polar surface area (TPSA) is 81.3 Å². The number of rotatable bonds is 5. The van der Waals surface area contributed by atoms with Gasteiger partial charge in [-0.2, -0.15) is 0 Å². The van der Waals surface area contributed by atoms with Crippen molar-refractivity contribution in [3.63, 3.8) is 0 Å². The van der Waals surface area contributed by atoms with Gasteiger partial charge in [0, 0.05) is 40.0 Å². The Morgan fingerprint density at radius 2 is 2.00 bits per heavy atom. The molecule has 2 fully saturated rings. The molecule has 0 aromatic carbocycles. The number of hydrogen-bond donors (Lipinski definition) is 2. The molecule has 3 aliphatic rings. The highest BCUT2D eigenvalue weighted by atomic mass is 35.5. The van der Waals surface area contributed by atoms with Crippen LogP contribution < -0.4 is 0 Å². The summed E-state index contributed by atoms with van der Waals surface area (Å²) >= 11 is 7.99. The Morgan fingerprint density at radius 1 is 1.28 bits per heavy atom. The van der Waals surface area contributed by atoms with Gasteiger partial charge in [-0.25, -0.2) is 4.99 Å². The predicted octanol–water partition coefficient (Wildman–Crippen LogP) is 3.78. The maximum absolute atomic E-state index is 12.6. The number of halogens is 1. The molecule has 0 spiro atoms. The number of carbonyl (C=O) groups is 1. The number of fused-ring (bicyclic) bond motifs is 1. The zero-order valence-corrected chi connectivity index (χ0v) is 19.6. The first-order valence-electron chi connectivity index (χ1n) is 10.8. The average molecular weight is 475 g/mol. The number of amides is 1. The first-order chi connectivity index (χ1) is 15.2. The van der Waals surface area contributed by atoms with Crippen molar-refractivity contribution in [2.45, 2.75) is 44.8 Å². The number of aromatic nitrogens is 1. The lowest BCUT2D eigenvalue weighted by atomic mass is 9.89. The second-order valence-electron chi connectivity index (χ2n) is 9.37. The van der Waals surface area contributed by atoms with Crippen LogP contribution in [0.3, 0.4) is 0 Å². The van der Waals surface area contributed by atoms with E-state index in [0.29, 0.717) is 43.4 Å². The molecule has 7 nitrogen and oxygen atoms in total. The van der Waals surface area contributed by atoms with Gasteiger partial charge < -0.3 is 20.0 Å². The smallest absolute Gasteiger partial charge is 0.228 e. The first kappa shape index (κ1) is 21.7. The van der Waals surface area contributed by atoms with Crippen molar-refractivity contribution in [3.05, 3.63) is 39.7 Å². The van der Waals surface area contributed by atoms with E-state index in [9.17, 15) is 15.0 Å². The summed E-state index contributed by atoms with van der Waals surface area (Å²) in [6.45, 7) is 7.75. The lowest BCUT2D eigenvalue weighted by Gasteiger charge is -2.42. The van der Waals surface area contributed by atoms with E-state index in [0.717, 1.165) is 34.7 Å². The highest BCUT2D eigenvalue weighted by Crippen LogP contribution is 2.47. The van der Waals surface area contributed by atoms with Crippen LogP contribution in [-0.4, -0.2) is 62.1 Å². The van der Waals surface area contributed by atoms with Crippen LogP contribution in [0.25, 0.3) is 11.4 Å². The van der Waals surface area contributed by atoms with Gasteiger partial charge in [-0.05, 0) is 37.8 Å². The normalized spacial score (nSPS) is 21.1. The summed E-state index contributed by atoms with van der Waals surface area (Å²) in [5, 5.41) is 23.1. The Balaban J connectivity index is 1.30. The summed E-state index contributed by atoms with van der Waals surface area (Å²) in [5.74, 6) is 0.908. The van der Waals surface area contributed by atoms with Gasteiger partial charge in [0.05, 0.1) is 30.8 Å². The lowest BCUT2D eigenvalue weighted by molar-refractivity contribution is -0.140. The standard InChI is InChI=1S/C23H27ClN4O3S/c1-15-18-10-19(24)28(16-9-17(11-29)32-12-16)20(18)25-14-27(15)13-23(31)5-7-26(8-6-23)21(30)22(2)3-4-22/h9-10,12,14,29,31H,1,3-8,11,13H2,2H3. The molecule has 1 aliphatic carbocycles. The van der Waals surface area contributed by atoms with Crippen molar-refractivity contribution < 1.29 is 15.0 Å². The largest absolute Gasteiger partial charge is 0.391 e. The molecule has 1 saturated heterocycles. The molecule has 0 bridgehead atoms. The number of aliphatic hydroxyl groups is 2. The van der Waals surface area contributed by atoms with E-state index < -0.39 is 5.60 Å². The van der Waals surface area contributed by atoms with Crippen molar-refractivity contribution in [2.24, 2.45) is 10.4 Å². The quantitative estimate of drug-likeness (QED) is 0.691. The molecule has 1 amide bonds. The zero-order chi connectivity index (χ0) is 22.7. The SMILES string of the molecule is C=C1c2cc(Cl)n(-c3csc(CO)c3)c2N=CN1CC1(O)CCN(C(=O)C2(C)CC2)CC1. The summed E-state index contributed by atoms with van der Waals surface area (Å²) < 4.78 is 1.84. The summed E-state index contributed by atoms with van der Waals surface area (Å²) in [5.41, 5.74) is 1.30. The van der Waals surface area contributed by atoms with Crippen molar-refractivity contribution in [2.75, 3.05) is 19.6 Å². The van der Waals surface area contributed by atoms with Crippen LogP contribution in [0, 0.1) is 5.41 Å². The van der Waals surface area contributed by atoms with Gasteiger partial charge in [-0.3, -0.25) is 9.36 Å². The maximum atomic E-state index is 12.6. The van der Waals surface area contributed by atoms with E-state index in [2.05, 4.69) is 11.6 Å². The molecule has 0 atom stereocenters. The Hall–Kier alpha value is -2.13. The minimum atomic E-state index is -0.913. The first-order valence-corrected chi connectivity index (χ1v) is 12.1. The van der Waals surface area contributed by atoms with Crippen molar-refractivity contribution >= 4 is 46.7 Å². The molecule has 2 N–H and O–H groups in total. The van der Waals surface area contributed by atoms with Crippen LogP contribution in [0.2, 0.25) is 5.15 Å². The van der Waals surface area contributed by atoms with Crippen molar-refractivity contribution in [3.8, 4) is 5.69 Å². The molecule has 2 aromatic rings. The highest BCUT2D eigenvalue weighted by Gasteiger charge is 2.48. The summed E-state index contributed by atoms with van der Waals surface area (Å²) in [6.07, 6.45) is 4.68. The maximum Gasteiger partial charge on any atom is 0.228 e. The number of aliphatic imine (C=N–C) groups is 1. The van der Waals surface area contributed by atoms with Gasteiger partial charge in [0.1, 0.15) is 11.0 Å². The van der Waals surface area contributed by atoms with Gasteiger partial charge in [-0.15, -0.1) is 11.3 Å². The minimum absolute atomic E-state index is 0.0175. The lowest BCUT2D eigenvalue weighted by Crippen LogP contribution is -2.52. The number of likely N-dealkylation sites (tertiary alicyclic amines) is 1. The Bertz CT molecular complexity index is 1110. The fraction of sp³-hybridized carbons (Fsp3) is 0.478. The second kappa shape index (κ2) is 7.73. The van der Waals surface area contributed by atoms with Gasteiger partial charge in [0.15, 0.2) is 0 Å². The van der Waals surface area contributed by atoms with Crippen LogP contribution in [0.1, 0.15) is 43.0 Å². The van der Waals surface area contributed by atoms with E-state index >= 15 is 0 Å². The van der Waals surface area contributed by atoms with Crippen LogP contribution >= 0.6 is 22.9 Å². The predicted molar refractivity (Wildman–Crippen MR) is 127 cm³/mol. The Labute approximate surface area is 196 Å². The van der Waals surface area contributed by atoms with Crippen LogP contribution in [0.15, 0.2) is 29.1 Å². The van der Waals surface area contributed by atoms with Crippen LogP contribution in [0.4, 0.5) is 5.82 Å². The summed E-state index contributed by atoms with van der Waals surface area (Å²) in [4.78, 5) is 21.9. The third kappa shape index (κ3) is 3.69. The van der Waals surface area contributed by atoms with Gasteiger partial charge in [0.2, 0.25) is 5.91 Å². The number of carbonyl (C=O) groups excluding carboxylic acids is 1. The number of nitrogens with zero attached hydrogens (tertiary/aromatic N) is 4. The van der Waals surface area contributed by atoms with Gasteiger partial charge in [0.25, 0.3) is 0 Å². The van der Waals surface area contributed by atoms with Gasteiger partial charge >= 0.3 is 0 Å². The summed E-state index contributed by atoms with van der Waals surface area (Å²) in [6, 6.07) is 3.72.